The van der Waals surface area contributed by atoms with E-state index >= 15 is 0 Å². The first-order valence-electron chi connectivity index (χ1n) is 8.84. The van der Waals surface area contributed by atoms with E-state index in [9.17, 15) is 0 Å². The topological polar surface area (TPSA) is 44.0 Å². The first kappa shape index (κ1) is 14.1. The van der Waals surface area contributed by atoms with Crippen LogP contribution in [0.4, 0.5) is 5.69 Å². The van der Waals surface area contributed by atoms with Crippen LogP contribution < -0.4 is 5.32 Å². The molecule has 2 aromatic carbocycles. The molecule has 1 saturated heterocycles. The number of piperidine rings is 1. The van der Waals surface area contributed by atoms with Gasteiger partial charge in [0.05, 0.1) is 11.7 Å². The minimum Gasteiger partial charge on any atom is -0.380 e. The summed E-state index contributed by atoms with van der Waals surface area (Å²) in [5.41, 5.74) is 3.73. The molecule has 2 N–H and O–H groups in total. The highest BCUT2D eigenvalue weighted by atomic mass is 15.2. The van der Waals surface area contributed by atoms with E-state index in [1.54, 1.807) is 0 Å². The number of hydrogen-bond acceptors (Lipinski definition) is 3. The molecule has 1 saturated carbocycles. The lowest BCUT2D eigenvalue weighted by atomic mass is 10.1. The number of likely N-dealkylation sites (tertiary alicyclic amines) is 1. The fourth-order valence-corrected chi connectivity index (χ4v) is 4.55. The number of rotatable bonds is 4. The highest BCUT2D eigenvalue weighted by Crippen LogP contribution is 2.40. The van der Waals surface area contributed by atoms with E-state index in [4.69, 9.17) is 0 Å². The van der Waals surface area contributed by atoms with Crippen LogP contribution in [-0.2, 0) is 6.54 Å². The second-order valence-corrected chi connectivity index (χ2v) is 7.16. The maximum absolute atomic E-state index is 4.11. The zero-order valence-corrected chi connectivity index (χ0v) is 13.7. The van der Waals surface area contributed by atoms with Crippen LogP contribution in [0.25, 0.3) is 10.9 Å². The molecule has 1 aromatic heterocycles. The van der Waals surface area contributed by atoms with Crippen molar-refractivity contribution in [3.05, 3.63) is 60.3 Å². The Bertz CT molecular complexity index is 841. The lowest BCUT2D eigenvalue weighted by molar-refractivity contribution is 0.204. The van der Waals surface area contributed by atoms with Crippen molar-refractivity contribution in [2.45, 2.75) is 31.5 Å². The Hall–Kier alpha value is -2.33. The second-order valence-electron chi connectivity index (χ2n) is 7.16. The van der Waals surface area contributed by atoms with Crippen LogP contribution in [0.5, 0.6) is 0 Å². The molecule has 0 unspecified atom stereocenters. The molecule has 4 heteroatoms. The Kier molecular flexibility index (Phi) is 3.30. The van der Waals surface area contributed by atoms with E-state index < -0.39 is 0 Å². The fourth-order valence-electron chi connectivity index (χ4n) is 4.55. The van der Waals surface area contributed by atoms with E-state index in [1.807, 2.05) is 6.20 Å². The Labute approximate surface area is 141 Å². The van der Waals surface area contributed by atoms with Gasteiger partial charge in [0.15, 0.2) is 0 Å². The first-order chi connectivity index (χ1) is 11.9. The summed E-state index contributed by atoms with van der Waals surface area (Å²) in [4.78, 5) is 2.66. The molecule has 24 heavy (non-hydrogen) atoms. The monoisotopic (exact) mass is 318 g/mol. The van der Waals surface area contributed by atoms with Crippen molar-refractivity contribution in [2.24, 2.45) is 5.92 Å². The van der Waals surface area contributed by atoms with Crippen molar-refractivity contribution in [1.29, 1.82) is 0 Å². The molecule has 2 fully saturated rings. The number of aromatic nitrogens is 2. The third-order valence-corrected chi connectivity index (χ3v) is 5.70. The average Bonchev–Trinajstić information content (AvgIpc) is 3.30. The number of anilines is 1. The van der Waals surface area contributed by atoms with E-state index in [-0.39, 0.29) is 0 Å². The van der Waals surface area contributed by atoms with Gasteiger partial charge in [0, 0.05) is 36.2 Å². The van der Waals surface area contributed by atoms with Gasteiger partial charge in [0.2, 0.25) is 0 Å². The molecule has 4 nitrogen and oxygen atoms in total. The highest BCUT2D eigenvalue weighted by molar-refractivity contribution is 5.81. The number of nitrogens with zero attached hydrogens (tertiary/aromatic N) is 2. The third kappa shape index (κ3) is 2.38. The molecule has 0 spiro atoms. The van der Waals surface area contributed by atoms with Gasteiger partial charge >= 0.3 is 0 Å². The maximum Gasteiger partial charge on any atom is 0.0651 e. The molecule has 3 aromatic rings. The maximum atomic E-state index is 4.11. The zero-order chi connectivity index (χ0) is 15.9. The summed E-state index contributed by atoms with van der Waals surface area (Å²) < 4.78 is 0. The standard InChI is InChI=1S/C20H22N4/c1-2-4-14(5-3-1)12-24-13-15-6-9-19(24)20(15)22-17-7-8-18-16(10-17)11-21-23-18/h1-5,7-8,10-11,15,19-20,22H,6,9,12-13H2,(H,21,23)/t15-,19-,20-/m1/s1. The van der Waals surface area contributed by atoms with Crippen LogP contribution in [0.2, 0.25) is 0 Å². The summed E-state index contributed by atoms with van der Waals surface area (Å²) in [6.45, 7) is 2.28. The van der Waals surface area contributed by atoms with Gasteiger partial charge in [0.25, 0.3) is 0 Å². The van der Waals surface area contributed by atoms with Gasteiger partial charge in [-0.05, 0) is 42.5 Å². The third-order valence-electron chi connectivity index (χ3n) is 5.70. The molecule has 1 aliphatic heterocycles. The lowest BCUT2D eigenvalue weighted by Crippen LogP contribution is -2.36. The smallest absolute Gasteiger partial charge is 0.0651 e. The van der Waals surface area contributed by atoms with Gasteiger partial charge < -0.3 is 5.32 Å². The minimum absolute atomic E-state index is 0.568. The van der Waals surface area contributed by atoms with Gasteiger partial charge in [-0.1, -0.05) is 30.3 Å². The number of H-pyrrole nitrogens is 1. The van der Waals surface area contributed by atoms with Crippen LogP contribution in [0.15, 0.2) is 54.7 Å². The van der Waals surface area contributed by atoms with E-state index in [0.717, 1.165) is 18.0 Å². The Morgan fingerprint density at radius 2 is 2.04 bits per heavy atom. The molecule has 3 atom stereocenters. The summed E-state index contributed by atoms with van der Waals surface area (Å²) in [6, 6.07) is 18.5. The van der Waals surface area contributed by atoms with E-state index in [0.29, 0.717) is 12.1 Å². The lowest BCUT2D eigenvalue weighted by Gasteiger charge is -2.27. The summed E-state index contributed by atoms with van der Waals surface area (Å²) in [5.74, 6) is 0.763. The molecule has 1 aliphatic carbocycles. The molecule has 2 aliphatic rings. The first-order valence-corrected chi connectivity index (χ1v) is 8.84. The summed E-state index contributed by atoms with van der Waals surface area (Å²) in [5, 5.41) is 12.1. The van der Waals surface area contributed by atoms with Crippen LogP contribution >= 0.6 is 0 Å². The molecule has 0 radical (unpaired) electrons. The van der Waals surface area contributed by atoms with Crippen molar-refractivity contribution in [3.8, 4) is 0 Å². The van der Waals surface area contributed by atoms with E-state index in [2.05, 4.69) is 68.9 Å². The number of aromatic amines is 1. The average molecular weight is 318 g/mol. The minimum atomic E-state index is 0.568. The zero-order valence-electron chi connectivity index (χ0n) is 13.7. The number of nitrogens with one attached hydrogen (secondary N) is 2. The molecule has 122 valence electrons. The molecular formula is C20H22N4. The van der Waals surface area contributed by atoms with Crippen molar-refractivity contribution < 1.29 is 0 Å². The summed E-state index contributed by atoms with van der Waals surface area (Å²) >= 11 is 0. The predicted octanol–water partition coefficient (Wildman–Crippen LogP) is 3.64. The van der Waals surface area contributed by atoms with Gasteiger partial charge in [0.1, 0.15) is 0 Å². The summed E-state index contributed by atoms with van der Waals surface area (Å²) in [6.07, 6.45) is 4.55. The number of benzene rings is 2. The van der Waals surface area contributed by atoms with Gasteiger partial charge in [-0.25, -0.2) is 0 Å². The SMILES string of the molecule is c1ccc(CN2C[C@H]3CC[C@@H]2[C@@H]3Nc2ccc3[nH]ncc3c2)cc1. The number of fused-ring (bicyclic) bond motifs is 3. The molecule has 2 bridgehead atoms. The van der Waals surface area contributed by atoms with Crippen LogP contribution in [0, 0.1) is 5.92 Å². The van der Waals surface area contributed by atoms with Crippen LogP contribution in [-0.4, -0.2) is 33.7 Å². The van der Waals surface area contributed by atoms with Crippen molar-refractivity contribution in [1.82, 2.24) is 15.1 Å². The highest BCUT2D eigenvalue weighted by Gasteiger charge is 2.46. The Morgan fingerprint density at radius 3 is 2.96 bits per heavy atom. The summed E-state index contributed by atoms with van der Waals surface area (Å²) in [7, 11) is 0. The normalized spacial score (nSPS) is 26.2. The second kappa shape index (κ2) is 5.64. The largest absolute Gasteiger partial charge is 0.380 e. The molecule has 5 rings (SSSR count). The van der Waals surface area contributed by atoms with Crippen LogP contribution in [0.1, 0.15) is 18.4 Å². The van der Waals surface area contributed by atoms with Crippen molar-refractivity contribution >= 4 is 16.6 Å². The molecule has 0 amide bonds. The fraction of sp³-hybridized carbons (Fsp3) is 0.350. The molecular weight excluding hydrogens is 296 g/mol. The Morgan fingerprint density at radius 1 is 1.12 bits per heavy atom. The number of hydrogen-bond donors (Lipinski definition) is 2. The molecule has 2 heterocycles. The predicted molar refractivity (Wildman–Crippen MR) is 96.9 cm³/mol. The van der Waals surface area contributed by atoms with Crippen molar-refractivity contribution in [2.75, 3.05) is 11.9 Å². The van der Waals surface area contributed by atoms with E-state index in [1.165, 1.54) is 36.0 Å². The van der Waals surface area contributed by atoms with Crippen molar-refractivity contribution in [3.63, 3.8) is 0 Å². The quantitative estimate of drug-likeness (QED) is 0.772. The van der Waals surface area contributed by atoms with Crippen LogP contribution in [0.3, 0.4) is 0 Å². The Balaban J connectivity index is 1.33. The van der Waals surface area contributed by atoms with Gasteiger partial charge in [-0.2, -0.15) is 5.10 Å². The van der Waals surface area contributed by atoms with Gasteiger partial charge in [-0.3, -0.25) is 10.00 Å². The van der Waals surface area contributed by atoms with Gasteiger partial charge in [-0.15, -0.1) is 0 Å².